The van der Waals surface area contributed by atoms with Gasteiger partial charge in [-0.15, -0.1) is 0 Å². The molecule has 0 bridgehead atoms. The van der Waals surface area contributed by atoms with E-state index in [4.69, 9.17) is 4.98 Å². The first kappa shape index (κ1) is 14.4. The summed E-state index contributed by atoms with van der Waals surface area (Å²) >= 11 is 0. The van der Waals surface area contributed by atoms with Gasteiger partial charge in [-0.2, -0.15) is 0 Å². The molecule has 0 amide bonds. The van der Waals surface area contributed by atoms with Crippen LogP contribution in [0.15, 0.2) is 48.7 Å². The molecule has 4 rings (SSSR count). The smallest absolute Gasteiger partial charge is 0.140 e. The van der Waals surface area contributed by atoms with Gasteiger partial charge in [0, 0.05) is 51.5 Å². The average Bonchev–Trinajstić information content (AvgIpc) is 2.95. The Balaban J connectivity index is 1.68. The molecule has 23 heavy (non-hydrogen) atoms. The summed E-state index contributed by atoms with van der Waals surface area (Å²) in [5, 5.41) is 5.92. The van der Waals surface area contributed by atoms with E-state index in [0.29, 0.717) is 0 Å². The number of aromatic nitrogens is 2. The Bertz CT molecular complexity index is 810. The Kier molecular flexibility index (Phi) is 3.85. The van der Waals surface area contributed by atoms with Crippen molar-refractivity contribution in [2.75, 3.05) is 26.2 Å². The van der Waals surface area contributed by atoms with E-state index in [9.17, 15) is 0 Å². The second kappa shape index (κ2) is 6.14. The predicted octanol–water partition coefficient (Wildman–Crippen LogP) is 2.65. The summed E-state index contributed by atoms with van der Waals surface area (Å²) in [6.45, 7) is 5.27. The SMILES string of the molecule is Cn1cc(CN2CCNCC2)nc1-c1cccc2ccccc12. The normalized spacial score (nSPS) is 16.0. The maximum absolute atomic E-state index is 4.93. The molecule has 0 saturated carbocycles. The number of hydrogen-bond donors (Lipinski definition) is 1. The highest BCUT2D eigenvalue weighted by atomic mass is 15.2. The number of aryl methyl sites for hydroxylation is 1. The fourth-order valence-electron chi connectivity index (χ4n) is 3.37. The van der Waals surface area contributed by atoms with Crippen LogP contribution in [0.1, 0.15) is 5.69 Å². The van der Waals surface area contributed by atoms with Gasteiger partial charge in [0.2, 0.25) is 0 Å². The molecular weight excluding hydrogens is 284 g/mol. The fraction of sp³-hybridized carbons (Fsp3) is 0.316. The molecule has 0 spiro atoms. The molecule has 4 nitrogen and oxygen atoms in total. The molecule has 1 saturated heterocycles. The van der Waals surface area contributed by atoms with Crippen molar-refractivity contribution in [2.24, 2.45) is 7.05 Å². The van der Waals surface area contributed by atoms with E-state index in [1.807, 2.05) is 0 Å². The first-order valence-electron chi connectivity index (χ1n) is 8.25. The minimum absolute atomic E-state index is 0.931. The summed E-state index contributed by atoms with van der Waals surface area (Å²) in [5.41, 5.74) is 2.36. The molecule has 1 aromatic heterocycles. The van der Waals surface area contributed by atoms with Crippen molar-refractivity contribution in [3.8, 4) is 11.4 Å². The Hall–Kier alpha value is -2.17. The van der Waals surface area contributed by atoms with Crippen molar-refractivity contribution in [1.82, 2.24) is 19.8 Å². The Labute approximate surface area is 136 Å². The van der Waals surface area contributed by atoms with E-state index in [1.54, 1.807) is 0 Å². The number of nitrogens with zero attached hydrogens (tertiary/aromatic N) is 3. The van der Waals surface area contributed by atoms with Crippen LogP contribution in [-0.4, -0.2) is 40.6 Å². The number of hydrogen-bond acceptors (Lipinski definition) is 3. The number of benzene rings is 2. The lowest BCUT2D eigenvalue weighted by Crippen LogP contribution is -2.42. The molecule has 1 fully saturated rings. The largest absolute Gasteiger partial charge is 0.334 e. The van der Waals surface area contributed by atoms with Crippen LogP contribution in [0.25, 0.3) is 22.2 Å². The van der Waals surface area contributed by atoms with Crippen LogP contribution < -0.4 is 5.32 Å². The van der Waals surface area contributed by atoms with Crippen LogP contribution in [-0.2, 0) is 13.6 Å². The third-order valence-electron chi connectivity index (χ3n) is 4.55. The summed E-state index contributed by atoms with van der Waals surface area (Å²) in [5.74, 6) is 1.05. The zero-order valence-corrected chi connectivity index (χ0v) is 13.5. The molecule has 1 aliphatic heterocycles. The van der Waals surface area contributed by atoms with E-state index in [-0.39, 0.29) is 0 Å². The minimum atomic E-state index is 0.931. The van der Waals surface area contributed by atoms with Gasteiger partial charge in [0.25, 0.3) is 0 Å². The van der Waals surface area contributed by atoms with Crippen molar-refractivity contribution >= 4 is 10.8 Å². The Morgan fingerprint density at radius 1 is 1.04 bits per heavy atom. The molecule has 2 heterocycles. The molecule has 1 N–H and O–H groups in total. The van der Waals surface area contributed by atoms with Crippen LogP contribution in [0, 0.1) is 0 Å². The lowest BCUT2D eigenvalue weighted by molar-refractivity contribution is 0.231. The summed E-state index contributed by atoms with van der Waals surface area (Å²) in [7, 11) is 2.09. The highest BCUT2D eigenvalue weighted by Crippen LogP contribution is 2.27. The van der Waals surface area contributed by atoms with Gasteiger partial charge < -0.3 is 9.88 Å². The van der Waals surface area contributed by atoms with E-state index < -0.39 is 0 Å². The molecule has 0 unspecified atom stereocenters. The van der Waals surface area contributed by atoms with Gasteiger partial charge in [0.15, 0.2) is 0 Å². The first-order chi connectivity index (χ1) is 11.3. The molecule has 0 atom stereocenters. The number of imidazole rings is 1. The standard InChI is InChI=1S/C19H22N4/c1-22-13-16(14-23-11-9-20-10-12-23)21-19(22)18-8-4-6-15-5-2-3-7-17(15)18/h2-8,13,20H,9-12,14H2,1H3. The van der Waals surface area contributed by atoms with E-state index >= 15 is 0 Å². The molecular formula is C19H22N4. The first-order valence-corrected chi connectivity index (χ1v) is 8.25. The van der Waals surface area contributed by atoms with E-state index in [1.165, 1.54) is 16.3 Å². The average molecular weight is 306 g/mol. The Morgan fingerprint density at radius 2 is 1.83 bits per heavy atom. The highest BCUT2D eigenvalue weighted by Gasteiger charge is 2.14. The summed E-state index contributed by atoms with van der Waals surface area (Å²) in [6.07, 6.45) is 2.17. The zero-order chi connectivity index (χ0) is 15.6. The predicted molar refractivity (Wildman–Crippen MR) is 94.3 cm³/mol. The molecule has 1 aliphatic rings. The zero-order valence-electron chi connectivity index (χ0n) is 13.5. The molecule has 2 aromatic carbocycles. The summed E-state index contributed by atoms with van der Waals surface area (Å²) in [4.78, 5) is 7.39. The van der Waals surface area contributed by atoms with Gasteiger partial charge in [0.1, 0.15) is 5.82 Å². The van der Waals surface area contributed by atoms with Gasteiger partial charge in [0.05, 0.1) is 5.69 Å². The maximum Gasteiger partial charge on any atom is 0.140 e. The molecule has 0 radical (unpaired) electrons. The van der Waals surface area contributed by atoms with E-state index in [2.05, 4.69) is 70.5 Å². The third kappa shape index (κ3) is 2.87. The molecule has 4 heteroatoms. The molecule has 3 aromatic rings. The summed E-state index contributed by atoms with van der Waals surface area (Å²) < 4.78 is 2.15. The van der Waals surface area contributed by atoms with Crippen LogP contribution >= 0.6 is 0 Å². The van der Waals surface area contributed by atoms with Crippen LogP contribution in [0.2, 0.25) is 0 Å². The van der Waals surface area contributed by atoms with Crippen molar-refractivity contribution in [1.29, 1.82) is 0 Å². The number of nitrogens with one attached hydrogen (secondary N) is 1. The lowest BCUT2D eigenvalue weighted by Gasteiger charge is -2.26. The fourth-order valence-corrected chi connectivity index (χ4v) is 3.37. The van der Waals surface area contributed by atoms with E-state index in [0.717, 1.165) is 44.2 Å². The topological polar surface area (TPSA) is 33.1 Å². The van der Waals surface area contributed by atoms with Gasteiger partial charge in [-0.25, -0.2) is 4.98 Å². The number of rotatable bonds is 3. The van der Waals surface area contributed by atoms with Crippen LogP contribution in [0.5, 0.6) is 0 Å². The quantitative estimate of drug-likeness (QED) is 0.807. The van der Waals surface area contributed by atoms with Crippen molar-refractivity contribution in [3.63, 3.8) is 0 Å². The highest BCUT2D eigenvalue weighted by molar-refractivity contribution is 5.95. The molecule has 0 aliphatic carbocycles. The van der Waals surface area contributed by atoms with Crippen molar-refractivity contribution < 1.29 is 0 Å². The monoisotopic (exact) mass is 306 g/mol. The number of piperazine rings is 1. The van der Waals surface area contributed by atoms with Crippen molar-refractivity contribution in [2.45, 2.75) is 6.54 Å². The second-order valence-electron chi connectivity index (χ2n) is 6.22. The maximum atomic E-state index is 4.93. The molecule has 118 valence electrons. The van der Waals surface area contributed by atoms with Crippen LogP contribution in [0.3, 0.4) is 0 Å². The van der Waals surface area contributed by atoms with Gasteiger partial charge in [-0.05, 0) is 10.8 Å². The van der Waals surface area contributed by atoms with Gasteiger partial charge in [-0.1, -0.05) is 42.5 Å². The van der Waals surface area contributed by atoms with Crippen LogP contribution in [0.4, 0.5) is 0 Å². The lowest BCUT2D eigenvalue weighted by atomic mass is 10.0. The minimum Gasteiger partial charge on any atom is -0.334 e. The second-order valence-corrected chi connectivity index (χ2v) is 6.22. The third-order valence-corrected chi connectivity index (χ3v) is 4.55. The van der Waals surface area contributed by atoms with Gasteiger partial charge >= 0.3 is 0 Å². The Morgan fingerprint density at radius 3 is 2.70 bits per heavy atom. The van der Waals surface area contributed by atoms with Gasteiger partial charge in [-0.3, -0.25) is 4.90 Å². The summed E-state index contributed by atoms with van der Waals surface area (Å²) in [6, 6.07) is 14.9. The number of fused-ring (bicyclic) bond motifs is 1. The van der Waals surface area contributed by atoms with Crippen molar-refractivity contribution in [3.05, 3.63) is 54.4 Å².